The van der Waals surface area contributed by atoms with Gasteiger partial charge in [-0.3, -0.25) is 4.79 Å². The van der Waals surface area contributed by atoms with E-state index < -0.39 is 0 Å². The first kappa shape index (κ1) is 19.0. The molecule has 0 aliphatic carbocycles. The number of carbonyl (C=O) groups is 1. The summed E-state index contributed by atoms with van der Waals surface area (Å²) in [4.78, 5) is 26.1. The van der Waals surface area contributed by atoms with Gasteiger partial charge in [-0.1, -0.05) is 29.8 Å². The topological polar surface area (TPSA) is 61.4 Å². The molecule has 4 rings (SSSR count). The van der Waals surface area contributed by atoms with Crippen LogP contribution in [0.15, 0.2) is 36.7 Å². The van der Waals surface area contributed by atoms with Crippen LogP contribution in [-0.2, 0) is 11.3 Å². The first-order chi connectivity index (χ1) is 13.7. The molecule has 2 fully saturated rings. The maximum absolute atomic E-state index is 12.5. The summed E-state index contributed by atoms with van der Waals surface area (Å²) < 4.78 is 0. The second kappa shape index (κ2) is 8.78. The lowest BCUT2D eigenvalue weighted by Gasteiger charge is -2.32. The molecule has 2 aliphatic rings. The SMILES string of the molecule is O=C(NCc1ccccc1Cl)C1CCN(c2cnc(N3CCCC3)nc2)CC1. The Hall–Kier alpha value is -2.34. The average Bonchev–Trinajstić information content (AvgIpc) is 3.28. The van der Waals surface area contributed by atoms with E-state index in [0.717, 1.165) is 56.2 Å². The molecule has 7 heteroatoms. The smallest absolute Gasteiger partial charge is 0.225 e. The van der Waals surface area contributed by atoms with Crippen molar-refractivity contribution in [1.29, 1.82) is 0 Å². The highest BCUT2D eigenvalue weighted by molar-refractivity contribution is 6.31. The summed E-state index contributed by atoms with van der Waals surface area (Å²) in [6, 6.07) is 7.61. The normalized spacial score (nSPS) is 17.8. The fraction of sp³-hybridized carbons (Fsp3) is 0.476. The Labute approximate surface area is 170 Å². The molecular weight excluding hydrogens is 374 g/mol. The van der Waals surface area contributed by atoms with Crippen LogP contribution in [0.2, 0.25) is 5.02 Å². The van der Waals surface area contributed by atoms with Gasteiger partial charge in [0.2, 0.25) is 11.9 Å². The third kappa shape index (κ3) is 4.38. The van der Waals surface area contributed by atoms with Gasteiger partial charge in [-0.05, 0) is 37.3 Å². The summed E-state index contributed by atoms with van der Waals surface area (Å²) in [5, 5.41) is 3.72. The molecule has 0 atom stereocenters. The molecule has 0 spiro atoms. The Balaban J connectivity index is 1.27. The van der Waals surface area contributed by atoms with Gasteiger partial charge >= 0.3 is 0 Å². The Bertz CT molecular complexity index is 799. The highest BCUT2D eigenvalue weighted by atomic mass is 35.5. The number of amides is 1. The van der Waals surface area contributed by atoms with Crippen molar-refractivity contribution in [2.24, 2.45) is 5.92 Å². The van der Waals surface area contributed by atoms with Gasteiger partial charge in [0.15, 0.2) is 0 Å². The molecule has 28 heavy (non-hydrogen) atoms. The third-order valence-corrected chi connectivity index (χ3v) is 6.02. The largest absolute Gasteiger partial charge is 0.369 e. The van der Waals surface area contributed by atoms with Crippen molar-refractivity contribution in [2.45, 2.75) is 32.2 Å². The van der Waals surface area contributed by atoms with Crippen LogP contribution in [0, 0.1) is 5.92 Å². The van der Waals surface area contributed by atoms with Crippen molar-refractivity contribution in [3.63, 3.8) is 0 Å². The molecular formula is C21H26ClN5O. The molecule has 0 bridgehead atoms. The summed E-state index contributed by atoms with van der Waals surface area (Å²) >= 11 is 6.16. The number of piperidine rings is 1. The summed E-state index contributed by atoms with van der Waals surface area (Å²) in [6.07, 6.45) is 7.94. The van der Waals surface area contributed by atoms with E-state index in [-0.39, 0.29) is 11.8 Å². The van der Waals surface area contributed by atoms with Crippen LogP contribution < -0.4 is 15.1 Å². The summed E-state index contributed by atoms with van der Waals surface area (Å²) in [5.74, 6) is 0.985. The number of benzene rings is 1. The fourth-order valence-electron chi connectivity index (χ4n) is 3.93. The zero-order valence-corrected chi connectivity index (χ0v) is 16.7. The standard InChI is InChI=1S/C21H26ClN5O/c22-19-6-2-1-5-17(19)13-23-20(28)16-7-11-26(12-8-16)18-14-24-21(25-15-18)27-9-3-4-10-27/h1-2,5-6,14-16H,3-4,7-13H2,(H,23,28). The lowest BCUT2D eigenvalue weighted by atomic mass is 9.95. The van der Waals surface area contributed by atoms with Crippen LogP contribution >= 0.6 is 11.6 Å². The molecule has 1 N–H and O–H groups in total. The van der Waals surface area contributed by atoms with Gasteiger partial charge in [0.25, 0.3) is 0 Å². The first-order valence-corrected chi connectivity index (χ1v) is 10.4. The number of hydrogen-bond donors (Lipinski definition) is 1. The lowest BCUT2D eigenvalue weighted by molar-refractivity contribution is -0.125. The Morgan fingerprint density at radius 3 is 2.39 bits per heavy atom. The van der Waals surface area contributed by atoms with Gasteiger partial charge in [-0.15, -0.1) is 0 Å². The number of aromatic nitrogens is 2. The summed E-state index contributed by atoms with van der Waals surface area (Å²) in [5.41, 5.74) is 1.99. The van der Waals surface area contributed by atoms with Crippen molar-refractivity contribution in [1.82, 2.24) is 15.3 Å². The number of hydrogen-bond acceptors (Lipinski definition) is 5. The van der Waals surface area contributed by atoms with Gasteiger partial charge in [0, 0.05) is 43.7 Å². The second-order valence-corrected chi connectivity index (χ2v) is 7.91. The molecule has 1 aromatic heterocycles. The maximum Gasteiger partial charge on any atom is 0.225 e. The van der Waals surface area contributed by atoms with E-state index in [9.17, 15) is 4.79 Å². The number of nitrogens with zero attached hydrogens (tertiary/aromatic N) is 4. The van der Waals surface area contributed by atoms with E-state index in [0.29, 0.717) is 11.6 Å². The van der Waals surface area contributed by atoms with Gasteiger partial charge in [-0.25, -0.2) is 9.97 Å². The average molecular weight is 400 g/mol. The highest BCUT2D eigenvalue weighted by Crippen LogP contribution is 2.24. The number of halogens is 1. The number of anilines is 2. The third-order valence-electron chi connectivity index (χ3n) is 5.66. The van der Waals surface area contributed by atoms with Crippen molar-refractivity contribution in [3.05, 3.63) is 47.2 Å². The van der Waals surface area contributed by atoms with E-state index in [1.165, 1.54) is 12.8 Å². The molecule has 0 saturated carbocycles. The predicted octanol–water partition coefficient (Wildman–Crippen LogP) is 3.26. The van der Waals surface area contributed by atoms with Crippen LogP contribution in [0.3, 0.4) is 0 Å². The summed E-state index contributed by atoms with van der Waals surface area (Å²) in [7, 11) is 0. The number of carbonyl (C=O) groups excluding carboxylic acids is 1. The van der Waals surface area contributed by atoms with E-state index in [1.54, 1.807) is 0 Å². The maximum atomic E-state index is 12.5. The monoisotopic (exact) mass is 399 g/mol. The Morgan fingerprint density at radius 1 is 1.04 bits per heavy atom. The molecule has 2 saturated heterocycles. The highest BCUT2D eigenvalue weighted by Gasteiger charge is 2.25. The minimum atomic E-state index is 0.0449. The van der Waals surface area contributed by atoms with Crippen molar-refractivity contribution in [2.75, 3.05) is 36.0 Å². The molecule has 0 radical (unpaired) electrons. The summed E-state index contributed by atoms with van der Waals surface area (Å²) in [6.45, 7) is 4.26. The Kier molecular flexibility index (Phi) is 5.95. The predicted molar refractivity (Wildman–Crippen MR) is 112 cm³/mol. The van der Waals surface area contributed by atoms with Crippen molar-refractivity contribution in [3.8, 4) is 0 Å². The van der Waals surface area contributed by atoms with Crippen LogP contribution in [0.25, 0.3) is 0 Å². The van der Waals surface area contributed by atoms with E-state index in [2.05, 4.69) is 25.1 Å². The van der Waals surface area contributed by atoms with Gasteiger partial charge in [0.05, 0.1) is 18.1 Å². The van der Waals surface area contributed by atoms with E-state index >= 15 is 0 Å². The molecule has 1 amide bonds. The van der Waals surface area contributed by atoms with Gasteiger partial charge < -0.3 is 15.1 Å². The molecule has 148 valence electrons. The molecule has 0 unspecified atom stereocenters. The quantitative estimate of drug-likeness (QED) is 0.836. The van der Waals surface area contributed by atoms with Crippen LogP contribution in [0.1, 0.15) is 31.2 Å². The van der Waals surface area contributed by atoms with Crippen LogP contribution in [-0.4, -0.2) is 42.1 Å². The first-order valence-electron chi connectivity index (χ1n) is 10.0. The number of nitrogens with one attached hydrogen (secondary N) is 1. The molecule has 1 aromatic carbocycles. The van der Waals surface area contributed by atoms with E-state index in [4.69, 9.17) is 11.6 Å². The zero-order chi connectivity index (χ0) is 19.3. The fourth-order valence-corrected chi connectivity index (χ4v) is 4.13. The van der Waals surface area contributed by atoms with Gasteiger partial charge in [0.1, 0.15) is 0 Å². The van der Waals surface area contributed by atoms with Crippen LogP contribution in [0.5, 0.6) is 0 Å². The zero-order valence-electron chi connectivity index (χ0n) is 16.0. The molecule has 3 heterocycles. The van der Waals surface area contributed by atoms with Crippen molar-refractivity contribution < 1.29 is 4.79 Å². The second-order valence-electron chi connectivity index (χ2n) is 7.51. The van der Waals surface area contributed by atoms with E-state index in [1.807, 2.05) is 36.7 Å². The van der Waals surface area contributed by atoms with Crippen LogP contribution in [0.4, 0.5) is 11.6 Å². The van der Waals surface area contributed by atoms with Crippen molar-refractivity contribution >= 4 is 29.1 Å². The Morgan fingerprint density at radius 2 is 1.71 bits per heavy atom. The molecule has 2 aromatic rings. The molecule has 6 nitrogen and oxygen atoms in total. The molecule has 2 aliphatic heterocycles. The number of rotatable bonds is 5. The van der Waals surface area contributed by atoms with Gasteiger partial charge in [-0.2, -0.15) is 0 Å². The minimum Gasteiger partial charge on any atom is -0.369 e. The lowest BCUT2D eigenvalue weighted by Crippen LogP contribution is -2.40. The minimum absolute atomic E-state index is 0.0449.